The van der Waals surface area contributed by atoms with Crippen LogP contribution in [0.5, 0.6) is 0 Å². The van der Waals surface area contributed by atoms with Crippen molar-refractivity contribution in [1.82, 2.24) is 5.32 Å². The van der Waals surface area contributed by atoms with Crippen molar-refractivity contribution in [2.75, 3.05) is 0 Å². The Balaban J connectivity index is 3.87. The van der Waals surface area contributed by atoms with E-state index in [1.54, 1.807) is 0 Å². The van der Waals surface area contributed by atoms with E-state index in [9.17, 15) is 19.5 Å². The van der Waals surface area contributed by atoms with E-state index in [2.05, 4.69) is 66.9 Å². The van der Waals surface area contributed by atoms with Gasteiger partial charge in [0, 0.05) is 12.8 Å². The van der Waals surface area contributed by atoms with E-state index in [1.165, 1.54) is 0 Å². The third kappa shape index (κ3) is 23.2. The van der Waals surface area contributed by atoms with E-state index in [0.717, 1.165) is 38.5 Å². The molecule has 7 nitrogen and oxygen atoms in total. The number of ether oxygens (including phenoxy) is 1. The topological polar surface area (TPSA) is 113 Å². The molecule has 0 aromatic carbocycles. The minimum absolute atomic E-state index is 0.108. The molecule has 2 atom stereocenters. The van der Waals surface area contributed by atoms with Crippen LogP contribution >= 0.6 is 0 Å². The Kier molecular flexibility index (Phi) is 21.6. The Morgan fingerprint density at radius 3 is 1.81 bits per heavy atom. The highest BCUT2D eigenvalue weighted by Crippen LogP contribution is 2.08. The Bertz CT molecular complexity index is 779. The number of carboxylic acids is 1. The van der Waals surface area contributed by atoms with Gasteiger partial charge in [-0.25, -0.2) is 4.79 Å². The smallest absolute Gasteiger partial charge is 0.326 e. The maximum absolute atomic E-state index is 11.9. The average Bonchev–Trinajstić information content (AvgIpc) is 2.84. The van der Waals surface area contributed by atoms with Gasteiger partial charge in [-0.15, -0.1) is 0 Å². The van der Waals surface area contributed by atoms with Gasteiger partial charge in [-0.1, -0.05) is 81.5 Å². The van der Waals surface area contributed by atoms with Gasteiger partial charge < -0.3 is 20.3 Å². The molecule has 37 heavy (non-hydrogen) atoms. The summed E-state index contributed by atoms with van der Waals surface area (Å²) in [6, 6.07) is -0.981. The number of aliphatic hydroxyl groups excluding tert-OH is 1. The number of carboxylic acid groups (broad SMARTS) is 1. The van der Waals surface area contributed by atoms with Crippen LogP contribution in [0.25, 0.3) is 0 Å². The summed E-state index contributed by atoms with van der Waals surface area (Å²) in [7, 11) is 0. The molecule has 0 aliphatic rings. The summed E-state index contributed by atoms with van der Waals surface area (Å²) in [5, 5.41) is 21.4. The first kappa shape index (κ1) is 34.1. The molecule has 0 radical (unpaired) electrons. The monoisotopic (exact) mass is 517 g/mol. The van der Waals surface area contributed by atoms with Crippen LogP contribution in [0, 0.1) is 5.92 Å². The summed E-state index contributed by atoms with van der Waals surface area (Å²) in [5.74, 6) is -2.21. The predicted octanol–water partition coefficient (Wildman–Crippen LogP) is 6.17. The minimum atomic E-state index is -1.22. The molecule has 0 aliphatic carbocycles. The van der Waals surface area contributed by atoms with Gasteiger partial charge in [0.25, 0.3) is 0 Å². The Labute approximate surface area is 223 Å². The summed E-state index contributed by atoms with van der Waals surface area (Å²) in [4.78, 5) is 34.9. The SMILES string of the molecule is CC/C=C\C/C=C\C/C=C\C/C=C\C/C=C\CCCC(O)OC(=O)CCC(=O)N[C@@H](CC(C)C)C(=O)O. The van der Waals surface area contributed by atoms with Gasteiger partial charge in [0.1, 0.15) is 6.04 Å². The van der Waals surface area contributed by atoms with E-state index >= 15 is 0 Å². The third-order valence-corrected chi connectivity index (χ3v) is 5.14. The summed E-state index contributed by atoms with van der Waals surface area (Å²) in [5.41, 5.74) is 0. The molecule has 1 amide bonds. The van der Waals surface area contributed by atoms with Gasteiger partial charge in [0.05, 0.1) is 6.42 Å². The molecule has 0 aromatic heterocycles. The average molecular weight is 518 g/mol. The van der Waals surface area contributed by atoms with E-state index in [0.29, 0.717) is 19.3 Å². The second kappa shape index (κ2) is 23.5. The Morgan fingerprint density at radius 1 is 0.811 bits per heavy atom. The second-order valence-electron chi connectivity index (χ2n) is 9.17. The fraction of sp³-hybridized carbons (Fsp3) is 0.567. The first-order valence-corrected chi connectivity index (χ1v) is 13.4. The second-order valence-corrected chi connectivity index (χ2v) is 9.17. The number of carbonyl (C=O) groups is 3. The van der Waals surface area contributed by atoms with Gasteiger partial charge in [-0.3, -0.25) is 9.59 Å². The van der Waals surface area contributed by atoms with E-state index in [-0.39, 0.29) is 18.8 Å². The van der Waals surface area contributed by atoms with Gasteiger partial charge in [-0.2, -0.15) is 0 Å². The standard InChI is InChI=1S/C30H47NO6/c1-4-5-6-7-8-9-10-11-12-13-14-15-16-17-18-19-20-21-28(33)37-29(34)23-22-27(32)31-26(30(35)36)24-25(2)3/h5-6,8-9,11-12,14-15,17-18,25-26,28,33H,4,7,10,13,16,19-24H2,1-3H3,(H,31,32)(H,35,36)/b6-5-,9-8-,12-11-,15-14-,18-17-/t26-,28?/m0/s1. The van der Waals surface area contributed by atoms with Gasteiger partial charge >= 0.3 is 11.9 Å². The molecule has 208 valence electrons. The zero-order valence-corrected chi connectivity index (χ0v) is 22.8. The molecule has 0 bridgehead atoms. The van der Waals surface area contributed by atoms with Crippen LogP contribution in [0.3, 0.4) is 0 Å². The minimum Gasteiger partial charge on any atom is -0.480 e. The number of carbonyl (C=O) groups excluding carboxylic acids is 2. The summed E-state index contributed by atoms with van der Waals surface area (Å²) >= 11 is 0. The molecule has 3 N–H and O–H groups in total. The van der Waals surface area contributed by atoms with Crippen molar-refractivity contribution >= 4 is 17.8 Å². The summed E-state index contributed by atoms with van der Waals surface area (Å²) < 4.78 is 4.92. The lowest BCUT2D eigenvalue weighted by Gasteiger charge is -2.16. The number of allylic oxidation sites excluding steroid dienone is 10. The molecule has 0 aromatic rings. The number of aliphatic carboxylic acids is 1. The molecule has 0 fully saturated rings. The zero-order valence-electron chi connectivity index (χ0n) is 22.8. The van der Waals surface area contributed by atoms with Crippen LogP contribution in [0.15, 0.2) is 60.8 Å². The van der Waals surface area contributed by atoms with Crippen molar-refractivity contribution < 1.29 is 29.3 Å². The van der Waals surface area contributed by atoms with E-state index in [1.807, 2.05) is 19.9 Å². The normalized spacial score (nSPS) is 14.0. The van der Waals surface area contributed by atoms with E-state index in [4.69, 9.17) is 9.84 Å². The predicted molar refractivity (Wildman–Crippen MR) is 149 cm³/mol. The fourth-order valence-electron chi connectivity index (χ4n) is 3.22. The molecule has 0 aliphatic heterocycles. The van der Waals surface area contributed by atoms with Crippen molar-refractivity contribution in [3.05, 3.63) is 60.8 Å². The number of aliphatic hydroxyl groups is 1. The largest absolute Gasteiger partial charge is 0.480 e. The quantitative estimate of drug-likeness (QED) is 0.0727. The first-order chi connectivity index (χ1) is 17.8. The van der Waals surface area contributed by atoms with Crippen molar-refractivity contribution in [2.24, 2.45) is 5.92 Å². The fourth-order valence-corrected chi connectivity index (χ4v) is 3.22. The highest BCUT2D eigenvalue weighted by atomic mass is 16.6. The van der Waals surface area contributed by atoms with Gasteiger partial charge in [0.15, 0.2) is 0 Å². The van der Waals surface area contributed by atoms with Gasteiger partial charge in [0.2, 0.25) is 12.2 Å². The van der Waals surface area contributed by atoms with Crippen molar-refractivity contribution in [3.8, 4) is 0 Å². The number of hydrogen-bond donors (Lipinski definition) is 3. The molecule has 0 rings (SSSR count). The molecule has 0 heterocycles. The highest BCUT2D eigenvalue weighted by molar-refractivity contribution is 5.85. The highest BCUT2D eigenvalue weighted by Gasteiger charge is 2.21. The van der Waals surface area contributed by atoms with Crippen LogP contribution in [0.2, 0.25) is 0 Å². The number of hydrogen-bond acceptors (Lipinski definition) is 5. The number of nitrogens with one attached hydrogen (secondary N) is 1. The third-order valence-electron chi connectivity index (χ3n) is 5.14. The molecule has 0 saturated carbocycles. The summed E-state index contributed by atoms with van der Waals surface area (Å²) in [6.45, 7) is 5.86. The number of rotatable bonds is 21. The first-order valence-electron chi connectivity index (χ1n) is 13.4. The lowest BCUT2D eigenvalue weighted by Crippen LogP contribution is -2.41. The maximum atomic E-state index is 11.9. The van der Waals surface area contributed by atoms with Crippen molar-refractivity contribution in [2.45, 2.75) is 104 Å². The van der Waals surface area contributed by atoms with Crippen LogP contribution in [0.4, 0.5) is 0 Å². The number of esters is 1. The van der Waals surface area contributed by atoms with Gasteiger partial charge in [-0.05, 0) is 57.3 Å². The lowest BCUT2D eigenvalue weighted by molar-refractivity contribution is -0.169. The molecular formula is C30H47NO6. The molecule has 0 saturated heterocycles. The van der Waals surface area contributed by atoms with Crippen LogP contribution in [-0.4, -0.2) is 40.4 Å². The molecule has 0 spiro atoms. The maximum Gasteiger partial charge on any atom is 0.326 e. The number of unbranched alkanes of at least 4 members (excludes halogenated alkanes) is 1. The number of amides is 1. The molecule has 7 heteroatoms. The van der Waals surface area contributed by atoms with Crippen molar-refractivity contribution in [3.63, 3.8) is 0 Å². The Morgan fingerprint density at radius 2 is 1.32 bits per heavy atom. The molecular weight excluding hydrogens is 470 g/mol. The van der Waals surface area contributed by atoms with Crippen molar-refractivity contribution in [1.29, 1.82) is 0 Å². The Hall–Kier alpha value is -2.93. The van der Waals surface area contributed by atoms with Crippen LogP contribution in [-0.2, 0) is 19.1 Å². The van der Waals surface area contributed by atoms with E-state index < -0.39 is 30.2 Å². The van der Waals surface area contributed by atoms with Crippen LogP contribution < -0.4 is 5.32 Å². The molecule has 1 unspecified atom stereocenters. The summed E-state index contributed by atoms with van der Waals surface area (Å²) in [6.07, 6.45) is 26.6. The lowest BCUT2D eigenvalue weighted by atomic mass is 10.0. The zero-order chi connectivity index (χ0) is 27.7. The van der Waals surface area contributed by atoms with Crippen LogP contribution in [0.1, 0.15) is 91.4 Å².